The Bertz CT molecular complexity index is 636. The Balaban J connectivity index is 2.17. The number of nitrogens with zero attached hydrogens (tertiary/aromatic N) is 3. The summed E-state index contributed by atoms with van der Waals surface area (Å²) in [5.74, 6) is 0.550. The molecule has 0 fully saturated rings. The number of carbonyl (C=O) groups is 1. The number of benzene rings is 1. The van der Waals surface area contributed by atoms with Gasteiger partial charge in [-0.1, -0.05) is 12.1 Å². The van der Waals surface area contributed by atoms with Crippen LogP contribution in [0.5, 0.6) is 0 Å². The number of imidazole rings is 1. The SMILES string of the molecule is COC(=O)c1c(N)cccc1CN(C)Cc1nccn1C. The van der Waals surface area contributed by atoms with E-state index in [-0.39, 0.29) is 0 Å². The molecule has 0 aliphatic rings. The van der Waals surface area contributed by atoms with Crippen LogP contribution in [-0.4, -0.2) is 34.6 Å². The Morgan fingerprint density at radius 3 is 2.81 bits per heavy atom. The number of hydrogen-bond donors (Lipinski definition) is 1. The lowest BCUT2D eigenvalue weighted by atomic mass is 10.1. The number of rotatable bonds is 5. The van der Waals surface area contributed by atoms with Crippen LogP contribution in [-0.2, 0) is 24.9 Å². The minimum Gasteiger partial charge on any atom is -0.465 e. The van der Waals surface area contributed by atoms with Gasteiger partial charge in [0.1, 0.15) is 5.82 Å². The van der Waals surface area contributed by atoms with E-state index in [0.717, 1.165) is 11.4 Å². The molecule has 0 amide bonds. The second-order valence-corrected chi connectivity index (χ2v) is 5.00. The summed E-state index contributed by atoms with van der Waals surface area (Å²) in [6.45, 7) is 1.27. The number of nitrogen functional groups attached to an aromatic ring is 1. The first-order valence-electron chi connectivity index (χ1n) is 6.63. The van der Waals surface area contributed by atoms with Crippen LogP contribution < -0.4 is 5.73 Å². The summed E-state index contributed by atoms with van der Waals surface area (Å²) < 4.78 is 6.78. The molecule has 6 heteroatoms. The van der Waals surface area contributed by atoms with Crippen LogP contribution in [0.4, 0.5) is 5.69 Å². The molecule has 2 aromatic rings. The Morgan fingerprint density at radius 1 is 1.43 bits per heavy atom. The maximum atomic E-state index is 11.9. The normalized spacial score (nSPS) is 10.9. The highest BCUT2D eigenvalue weighted by Gasteiger charge is 2.16. The van der Waals surface area contributed by atoms with Crippen LogP contribution >= 0.6 is 0 Å². The van der Waals surface area contributed by atoms with E-state index in [1.165, 1.54) is 7.11 Å². The van der Waals surface area contributed by atoms with Gasteiger partial charge in [-0.2, -0.15) is 0 Å². The van der Waals surface area contributed by atoms with Crippen molar-refractivity contribution in [2.24, 2.45) is 7.05 Å². The van der Waals surface area contributed by atoms with Crippen molar-refractivity contribution < 1.29 is 9.53 Å². The van der Waals surface area contributed by atoms with Crippen molar-refractivity contribution in [2.45, 2.75) is 13.1 Å². The molecule has 0 radical (unpaired) electrons. The minimum atomic E-state index is -0.409. The third-order valence-corrected chi connectivity index (χ3v) is 3.35. The van der Waals surface area contributed by atoms with Crippen molar-refractivity contribution >= 4 is 11.7 Å². The fraction of sp³-hybridized carbons (Fsp3) is 0.333. The predicted molar refractivity (Wildman–Crippen MR) is 80.6 cm³/mol. The number of nitrogens with two attached hydrogens (primary N) is 1. The Morgan fingerprint density at radius 2 is 2.19 bits per heavy atom. The van der Waals surface area contributed by atoms with Crippen LogP contribution in [0.2, 0.25) is 0 Å². The molecular formula is C15H20N4O2. The molecule has 0 aliphatic heterocycles. The molecule has 6 nitrogen and oxygen atoms in total. The third kappa shape index (κ3) is 3.41. The van der Waals surface area contributed by atoms with Gasteiger partial charge >= 0.3 is 5.97 Å². The summed E-state index contributed by atoms with van der Waals surface area (Å²) in [5.41, 5.74) is 7.62. The van der Waals surface area contributed by atoms with Gasteiger partial charge in [0, 0.05) is 31.7 Å². The van der Waals surface area contributed by atoms with E-state index in [1.807, 2.05) is 37.0 Å². The van der Waals surface area contributed by atoms with Gasteiger partial charge in [0.2, 0.25) is 0 Å². The monoisotopic (exact) mass is 288 g/mol. The van der Waals surface area contributed by atoms with Crippen LogP contribution in [0.25, 0.3) is 0 Å². The Kier molecular flexibility index (Phi) is 4.59. The van der Waals surface area contributed by atoms with E-state index in [0.29, 0.717) is 24.3 Å². The van der Waals surface area contributed by atoms with Crippen molar-refractivity contribution in [3.8, 4) is 0 Å². The molecule has 21 heavy (non-hydrogen) atoms. The largest absolute Gasteiger partial charge is 0.465 e. The predicted octanol–water partition coefficient (Wildman–Crippen LogP) is 1.42. The fourth-order valence-electron chi connectivity index (χ4n) is 2.24. The van der Waals surface area contributed by atoms with Crippen molar-refractivity contribution in [1.29, 1.82) is 0 Å². The first kappa shape index (κ1) is 15.1. The number of ether oxygens (including phenoxy) is 1. The first-order chi connectivity index (χ1) is 10.0. The van der Waals surface area contributed by atoms with Crippen LogP contribution in [0, 0.1) is 0 Å². The van der Waals surface area contributed by atoms with Gasteiger partial charge in [-0.3, -0.25) is 4.90 Å². The third-order valence-electron chi connectivity index (χ3n) is 3.35. The summed E-state index contributed by atoms with van der Waals surface area (Å²) >= 11 is 0. The average molecular weight is 288 g/mol. The van der Waals surface area contributed by atoms with Gasteiger partial charge in [0.25, 0.3) is 0 Å². The highest BCUT2D eigenvalue weighted by molar-refractivity contribution is 5.96. The van der Waals surface area contributed by atoms with E-state index in [4.69, 9.17) is 10.5 Å². The van der Waals surface area contributed by atoms with Crippen molar-refractivity contribution in [2.75, 3.05) is 19.9 Å². The molecule has 2 rings (SSSR count). The standard InChI is InChI=1S/C15H20N4O2/c1-18(10-13-17-7-8-19(13)2)9-11-5-4-6-12(16)14(11)15(20)21-3/h4-8H,9-10,16H2,1-3H3. The molecule has 0 spiro atoms. The van der Waals surface area contributed by atoms with Gasteiger partial charge in [-0.15, -0.1) is 0 Å². The molecule has 2 N–H and O–H groups in total. The molecule has 0 saturated heterocycles. The first-order valence-corrected chi connectivity index (χ1v) is 6.63. The van der Waals surface area contributed by atoms with Gasteiger partial charge in [0.15, 0.2) is 0 Å². The molecule has 0 bridgehead atoms. The molecular weight excluding hydrogens is 268 g/mol. The van der Waals surface area contributed by atoms with E-state index in [1.54, 1.807) is 12.3 Å². The minimum absolute atomic E-state index is 0.409. The Hall–Kier alpha value is -2.34. The molecule has 1 heterocycles. The number of carbonyl (C=O) groups excluding carboxylic acids is 1. The summed E-state index contributed by atoms with van der Waals surface area (Å²) in [5, 5.41) is 0. The number of aryl methyl sites for hydroxylation is 1. The molecule has 0 saturated carbocycles. The number of hydrogen-bond acceptors (Lipinski definition) is 5. The molecule has 0 atom stereocenters. The number of aromatic nitrogens is 2. The molecule has 0 aliphatic carbocycles. The number of methoxy groups -OCH3 is 1. The Labute approximate surface area is 124 Å². The highest BCUT2D eigenvalue weighted by atomic mass is 16.5. The van der Waals surface area contributed by atoms with Gasteiger partial charge < -0.3 is 15.0 Å². The lowest BCUT2D eigenvalue weighted by Gasteiger charge is -2.18. The summed E-state index contributed by atoms with van der Waals surface area (Å²) in [6.07, 6.45) is 3.67. The summed E-state index contributed by atoms with van der Waals surface area (Å²) in [4.78, 5) is 18.2. The quantitative estimate of drug-likeness (QED) is 0.665. The molecule has 1 aromatic heterocycles. The maximum absolute atomic E-state index is 11.9. The second kappa shape index (κ2) is 6.41. The lowest BCUT2D eigenvalue weighted by molar-refractivity contribution is 0.0599. The topological polar surface area (TPSA) is 73.4 Å². The maximum Gasteiger partial charge on any atom is 0.340 e. The van der Waals surface area contributed by atoms with E-state index >= 15 is 0 Å². The summed E-state index contributed by atoms with van der Waals surface area (Å²) in [6, 6.07) is 5.43. The van der Waals surface area contributed by atoms with Crippen LogP contribution in [0.3, 0.4) is 0 Å². The van der Waals surface area contributed by atoms with Crippen molar-refractivity contribution in [3.05, 3.63) is 47.5 Å². The average Bonchev–Trinajstić information content (AvgIpc) is 2.83. The fourth-order valence-corrected chi connectivity index (χ4v) is 2.24. The van der Waals surface area contributed by atoms with Gasteiger partial charge in [-0.05, 0) is 18.7 Å². The molecule has 1 aromatic carbocycles. The smallest absolute Gasteiger partial charge is 0.340 e. The van der Waals surface area contributed by atoms with Gasteiger partial charge in [0.05, 0.1) is 19.2 Å². The highest BCUT2D eigenvalue weighted by Crippen LogP contribution is 2.20. The second-order valence-electron chi connectivity index (χ2n) is 5.00. The van der Waals surface area contributed by atoms with Crippen molar-refractivity contribution in [1.82, 2.24) is 14.5 Å². The van der Waals surface area contributed by atoms with Crippen LogP contribution in [0.1, 0.15) is 21.7 Å². The van der Waals surface area contributed by atoms with E-state index in [2.05, 4.69) is 9.88 Å². The van der Waals surface area contributed by atoms with E-state index in [9.17, 15) is 4.79 Å². The zero-order chi connectivity index (χ0) is 15.4. The zero-order valence-corrected chi connectivity index (χ0v) is 12.5. The zero-order valence-electron chi connectivity index (χ0n) is 12.5. The van der Waals surface area contributed by atoms with Gasteiger partial charge in [-0.25, -0.2) is 9.78 Å². The van der Waals surface area contributed by atoms with Crippen LogP contribution in [0.15, 0.2) is 30.6 Å². The number of esters is 1. The molecule has 112 valence electrons. The summed E-state index contributed by atoms with van der Waals surface area (Å²) in [7, 11) is 5.28. The molecule has 0 unspecified atom stereocenters. The lowest BCUT2D eigenvalue weighted by Crippen LogP contribution is -2.21. The van der Waals surface area contributed by atoms with Crippen molar-refractivity contribution in [3.63, 3.8) is 0 Å². The van der Waals surface area contributed by atoms with E-state index < -0.39 is 5.97 Å². The number of anilines is 1.